The second-order valence-electron chi connectivity index (χ2n) is 4.40. The van der Waals surface area contributed by atoms with E-state index in [4.69, 9.17) is 16.7 Å². The molecule has 0 bridgehead atoms. The zero-order valence-corrected chi connectivity index (χ0v) is 13.5. The lowest BCUT2D eigenvalue weighted by Gasteiger charge is -2.13. The summed E-state index contributed by atoms with van der Waals surface area (Å²) >= 11 is 8.83. The molecule has 0 saturated carbocycles. The zero-order chi connectivity index (χ0) is 15.8. The third kappa shape index (κ3) is 3.54. The topological polar surface area (TPSA) is 113 Å². The van der Waals surface area contributed by atoms with Crippen LogP contribution in [0.15, 0.2) is 21.5 Å². The van der Waals surface area contributed by atoms with E-state index < -0.39 is 22.0 Å². The van der Waals surface area contributed by atoms with Crippen LogP contribution in [0.5, 0.6) is 0 Å². The minimum atomic E-state index is -3.96. The molecule has 3 N–H and O–H groups in total. The molecule has 0 radical (unpaired) electrons. The summed E-state index contributed by atoms with van der Waals surface area (Å²) in [5.41, 5.74) is -0.327. The van der Waals surface area contributed by atoms with Crippen molar-refractivity contribution in [2.75, 3.05) is 6.54 Å². The van der Waals surface area contributed by atoms with E-state index >= 15 is 0 Å². The van der Waals surface area contributed by atoms with Gasteiger partial charge in [0.15, 0.2) is 0 Å². The van der Waals surface area contributed by atoms with Gasteiger partial charge in [-0.25, -0.2) is 17.9 Å². The highest BCUT2D eigenvalue weighted by molar-refractivity contribution is 9.10. The lowest BCUT2D eigenvalue weighted by molar-refractivity contribution is -0.119. The molecule has 0 aliphatic carbocycles. The van der Waals surface area contributed by atoms with Crippen molar-refractivity contribution >= 4 is 49.4 Å². The van der Waals surface area contributed by atoms with E-state index in [0.717, 1.165) is 6.07 Å². The summed E-state index contributed by atoms with van der Waals surface area (Å²) in [6.45, 7) is 0.193. The molecule has 1 unspecified atom stereocenters. The van der Waals surface area contributed by atoms with Crippen molar-refractivity contribution in [2.45, 2.75) is 17.4 Å². The monoisotopic (exact) mass is 396 g/mol. The summed E-state index contributed by atoms with van der Waals surface area (Å²) in [5.74, 6) is -1.58. The van der Waals surface area contributed by atoms with Gasteiger partial charge in [0.25, 0.3) is 0 Å². The number of benzene rings is 1. The molecule has 1 aromatic rings. The number of aromatic carboxylic acids is 1. The van der Waals surface area contributed by atoms with Gasteiger partial charge in [0.1, 0.15) is 0 Å². The van der Waals surface area contributed by atoms with E-state index in [1.165, 1.54) is 6.07 Å². The molecule has 1 aromatic carbocycles. The van der Waals surface area contributed by atoms with Crippen LogP contribution < -0.4 is 10.0 Å². The van der Waals surface area contributed by atoms with E-state index in [9.17, 15) is 18.0 Å². The quantitative estimate of drug-likeness (QED) is 0.701. The molecule has 2 rings (SSSR count). The number of halogens is 2. The highest BCUT2D eigenvalue weighted by atomic mass is 79.9. The van der Waals surface area contributed by atoms with Crippen LogP contribution in [0.2, 0.25) is 5.02 Å². The van der Waals surface area contributed by atoms with Crippen LogP contribution in [0, 0.1) is 0 Å². The fourth-order valence-electron chi connectivity index (χ4n) is 1.85. The van der Waals surface area contributed by atoms with Gasteiger partial charge in [-0.2, -0.15) is 0 Å². The number of carbonyl (C=O) groups is 2. The van der Waals surface area contributed by atoms with E-state index in [-0.39, 0.29) is 38.8 Å². The Kier molecular flexibility index (Phi) is 4.57. The summed E-state index contributed by atoms with van der Waals surface area (Å²) in [6.07, 6.45) is 0.0414. The second-order valence-corrected chi connectivity index (χ2v) is 7.34. The van der Waals surface area contributed by atoms with E-state index in [1.54, 1.807) is 0 Å². The van der Waals surface area contributed by atoms with Gasteiger partial charge >= 0.3 is 5.97 Å². The molecular formula is C11H10BrClN2O5S. The van der Waals surface area contributed by atoms with Crippen molar-refractivity contribution in [1.29, 1.82) is 0 Å². The van der Waals surface area contributed by atoms with Gasteiger partial charge in [0.2, 0.25) is 15.9 Å². The van der Waals surface area contributed by atoms with Crippen LogP contribution >= 0.6 is 27.5 Å². The van der Waals surface area contributed by atoms with Crippen LogP contribution in [-0.2, 0) is 14.8 Å². The van der Waals surface area contributed by atoms with Crippen LogP contribution in [0.3, 0.4) is 0 Å². The smallest absolute Gasteiger partial charge is 0.337 e. The Morgan fingerprint density at radius 1 is 1.48 bits per heavy atom. The number of rotatable bonds is 4. The number of hydrogen-bond donors (Lipinski definition) is 3. The second kappa shape index (κ2) is 5.91. The number of carboxylic acid groups (broad SMARTS) is 1. The Morgan fingerprint density at radius 3 is 2.67 bits per heavy atom. The standard InChI is InChI=1S/C11H10BrClN2O5S/c12-8-3-6(2-7(10(8)13)11(17)18)21(19,20)15-5-1-9(16)14-4-5/h2-3,5,15H,1,4H2,(H,14,16)(H,17,18). The average molecular weight is 398 g/mol. The van der Waals surface area contributed by atoms with Gasteiger partial charge in [-0.1, -0.05) is 11.6 Å². The average Bonchev–Trinajstić information content (AvgIpc) is 2.76. The van der Waals surface area contributed by atoms with E-state index in [2.05, 4.69) is 26.0 Å². The molecule has 1 amide bonds. The number of carbonyl (C=O) groups excluding carboxylic acids is 1. The lowest BCUT2D eigenvalue weighted by Crippen LogP contribution is -2.36. The molecule has 1 aliphatic heterocycles. The minimum Gasteiger partial charge on any atom is -0.478 e. The van der Waals surface area contributed by atoms with E-state index in [1.807, 2.05) is 0 Å². The summed E-state index contributed by atoms with van der Waals surface area (Å²) in [5, 5.41) is 11.4. The number of hydrogen-bond acceptors (Lipinski definition) is 4. The first-order chi connectivity index (χ1) is 9.70. The minimum absolute atomic E-state index is 0.0414. The molecule has 10 heteroatoms. The maximum absolute atomic E-state index is 12.2. The summed E-state index contributed by atoms with van der Waals surface area (Å²) < 4.78 is 27.0. The van der Waals surface area contributed by atoms with Gasteiger partial charge in [-0.3, -0.25) is 4.79 Å². The highest BCUT2D eigenvalue weighted by Crippen LogP contribution is 2.30. The molecule has 1 saturated heterocycles. The first kappa shape index (κ1) is 16.2. The van der Waals surface area contributed by atoms with Gasteiger partial charge in [0, 0.05) is 23.5 Å². The van der Waals surface area contributed by atoms with Crippen LogP contribution in [0.25, 0.3) is 0 Å². The van der Waals surface area contributed by atoms with Crippen LogP contribution in [0.1, 0.15) is 16.8 Å². The summed E-state index contributed by atoms with van der Waals surface area (Å²) in [6, 6.07) is 1.62. The highest BCUT2D eigenvalue weighted by Gasteiger charge is 2.28. The lowest BCUT2D eigenvalue weighted by atomic mass is 10.2. The molecule has 114 valence electrons. The molecule has 1 fully saturated rings. The zero-order valence-electron chi connectivity index (χ0n) is 10.4. The Morgan fingerprint density at radius 2 is 2.14 bits per heavy atom. The predicted octanol–water partition coefficient (Wildman–Crippen LogP) is 0.968. The molecule has 1 atom stereocenters. The third-order valence-electron chi connectivity index (χ3n) is 2.84. The maximum Gasteiger partial charge on any atom is 0.337 e. The number of carboxylic acids is 1. The number of amides is 1. The first-order valence-electron chi connectivity index (χ1n) is 5.72. The van der Waals surface area contributed by atoms with Gasteiger partial charge in [0.05, 0.1) is 15.5 Å². The molecule has 1 aliphatic rings. The van der Waals surface area contributed by atoms with Crippen molar-refractivity contribution in [2.24, 2.45) is 0 Å². The Labute approximate surface area is 133 Å². The molecule has 21 heavy (non-hydrogen) atoms. The van der Waals surface area contributed by atoms with E-state index in [0.29, 0.717) is 0 Å². The normalized spacial score (nSPS) is 18.6. The van der Waals surface area contributed by atoms with Gasteiger partial charge < -0.3 is 10.4 Å². The third-order valence-corrected chi connectivity index (χ3v) is 5.60. The molecular weight excluding hydrogens is 388 g/mol. The van der Waals surface area contributed by atoms with Crippen molar-refractivity contribution in [3.8, 4) is 0 Å². The maximum atomic E-state index is 12.2. The fourth-order valence-corrected chi connectivity index (χ4v) is 3.94. The fraction of sp³-hybridized carbons (Fsp3) is 0.273. The number of sulfonamides is 1. The van der Waals surface area contributed by atoms with Gasteiger partial charge in [-0.05, 0) is 28.1 Å². The largest absolute Gasteiger partial charge is 0.478 e. The molecule has 0 aromatic heterocycles. The van der Waals surface area contributed by atoms with Crippen molar-refractivity contribution in [3.63, 3.8) is 0 Å². The molecule has 0 spiro atoms. The SMILES string of the molecule is O=C1CC(NS(=O)(=O)c2cc(Br)c(Cl)c(C(=O)O)c2)CN1. The predicted molar refractivity (Wildman–Crippen MR) is 77.8 cm³/mol. The van der Waals surface area contributed by atoms with Crippen LogP contribution in [0.4, 0.5) is 0 Å². The number of nitrogens with one attached hydrogen (secondary N) is 2. The van der Waals surface area contributed by atoms with Crippen LogP contribution in [-0.4, -0.2) is 38.0 Å². The summed E-state index contributed by atoms with van der Waals surface area (Å²) in [4.78, 5) is 21.9. The molecule has 7 nitrogen and oxygen atoms in total. The first-order valence-corrected chi connectivity index (χ1v) is 8.37. The van der Waals surface area contributed by atoms with Crippen molar-refractivity contribution < 1.29 is 23.1 Å². The summed E-state index contributed by atoms with van der Waals surface area (Å²) in [7, 11) is -3.96. The Balaban J connectivity index is 2.36. The Hall–Kier alpha value is -1.16. The van der Waals surface area contributed by atoms with Crippen molar-refractivity contribution in [1.82, 2.24) is 10.0 Å². The molecule has 1 heterocycles. The van der Waals surface area contributed by atoms with Crippen molar-refractivity contribution in [3.05, 3.63) is 27.2 Å². The van der Waals surface area contributed by atoms with Gasteiger partial charge in [-0.15, -0.1) is 0 Å². The Bertz CT molecular complexity index is 722.